The van der Waals surface area contributed by atoms with E-state index in [1.807, 2.05) is 18.2 Å². The summed E-state index contributed by atoms with van der Waals surface area (Å²) in [6.45, 7) is 15.7. The maximum atomic E-state index is 11.1. The van der Waals surface area contributed by atoms with E-state index in [0.717, 1.165) is 47.1 Å². The number of aliphatic hydroxyl groups excluding tert-OH is 1. The van der Waals surface area contributed by atoms with Crippen molar-refractivity contribution in [1.29, 1.82) is 0 Å². The summed E-state index contributed by atoms with van der Waals surface area (Å²) in [6, 6.07) is 12.1. The van der Waals surface area contributed by atoms with Crippen molar-refractivity contribution in [3.63, 3.8) is 0 Å². The van der Waals surface area contributed by atoms with Gasteiger partial charge in [-0.25, -0.2) is 0 Å². The van der Waals surface area contributed by atoms with E-state index in [4.69, 9.17) is 13.8 Å². The van der Waals surface area contributed by atoms with Gasteiger partial charge >= 0.3 is 17.2 Å². The Morgan fingerprint density at radius 3 is 1.69 bits per heavy atom. The Morgan fingerprint density at radius 2 is 1.22 bits per heavy atom. The van der Waals surface area contributed by atoms with Gasteiger partial charge in [-0.05, 0) is 53.4 Å². The van der Waals surface area contributed by atoms with E-state index >= 15 is 0 Å². The van der Waals surface area contributed by atoms with E-state index < -0.39 is 35.3 Å². The van der Waals surface area contributed by atoms with Crippen molar-refractivity contribution >= 4 is 17.2 Å². The van der Waals surface area contributed by atoms with Gasteiger partial charge in [-0.1, -0.05) is 123 Å². The molecule has 5 N–H and O–H groups in total. The minimum Gasteiger partial charge on any atom is -0.485 e. The van der Waals surface area contributed by atoms with Crippen molar-refractivity contribution in [1.82, 2.24) is 0 Å². The van der Waals surface area contributed by atoms with Gasteiger partial charge in [-0.3, -0.25) is 0 Å². The average Bonchev–Trinajstić information content (AvgIpc) is 2.95. The third-order valence-electron chi connectivity index (χ3n) is 8.28. The van der Waals surface area contributed by atoms with E-state index in [2.05, 4.69) is 73.6 Å². The zero-order valence-corrected chi connectivity index (χ0v) is 30.5. The monoisotopic (exact) mass is 668 g/mol. The van der Waals surface area contributed by atoms with Gasteiger partial charge in [0.1, 0.15) is 11.9 Å². The zero-order valence-electron chi connectivity index (χ0n) is 28.7. The molecule has 0 radical (unpaired) electrons. The van der Waals surface area contributed by atoms with Crippen molar-refractivity contribution < 1.29 is 38.5 Å². The molecule has 45 heavy (non-hydrogen) atoms. The number of hydrogen-bond acceptors (Lipinski definition) is 8. The molecule has 0 aliphatic carbocycles. The van der Waals surface area contributed by atoms with E-state index in [1.54, 1.807) is 0 Å². The minimum atomic E-state index is -2.78. The fraction of sp³-hybridized carbons (Fsp3) is 0.657. The first-order chi connectivity index (χ1) is 21.1. The van der Waals surface area contributed by atoms with Crippen LogP contribution in [0.2, 0.25) is 0 Å². The van der Waals surface area contributed by atoms with Crippen LogP contribution in [-0.4, -0.2) is 44.5 Å². The molecule has 8 nitrogen and oxygen atoms in total. The van der Waals surface area contributed by atoms with Crippen molar-refractivity contribution in [2.45, 2.75) is 124 Å². The zero-order chi connectivity index (χ0) is 33.8. The van der Waals surface area contributed by atoms with Crippen LogP contribution in [0, 0.1) is 12.3 Å². The SMILES string of the molecule is CCCCCCCCCc1ccccc1OC(c1c(C(C)(C)C)cc(C)cc1C(C)(C)C)C(CO)(COP(O)O)COP(O)O. The molecule has 0 saturated heterocycles. The number of rotatable bonds is 19. The highest BCUT2D eigenvalue weighted by atomic mass is 31.2. The number of benzene rings is 2. The van der Waals surface area contributed by atoms with Gasteiger partial charge in [-0.15, -0.1) is 0 Å². The molecule has 0 spiro atoms. The maximum absolute atomic E-state index is 11.1. The van der Waals surface area contributed by atoms with Gasteiger partial charge in [0, 0.05) is 5.56 Å². The maximum Gasteiger partial charge on any atom is 0.327 e. The van der Waals surface area contributed by atoms with Crippen LogP contribution in [0.5, 0.6) is 5.75 Å². The average molecular weight is 669 g/mol. The van der Waals surface area contributed by atoms with Gasteiger partial charge in [0.05, 0.1) is 25.2 Å². The third kappa shape index (κ3) is 12.4. The van der Waals surface area contributed by atoms with Crippen molar-refractivity contribution in [2.24, 2.45) is 5.41 Å². The van der Waals surface area contributed by atoms with Gasteiger partial charge in [0.2, 0.25) is 0 Å². The molecular formula is C35H58O8P2. The molecule has 2 rings (SSSR count). The largest absolute Gasteiger partial charge is 0.485 e. The summed E-state index contributed by atoms with van der Waals surface area (Å²) in [5, 5.41) is 11.1. The molecule has 0 aliphatic rings. The van der Waals surface area contributed by atoms with Crippen molar-refractivity contribution in [3.8, 4) is 5.75 Å². The molecule has 0 aromatic heterocycles. The topological polar surface area (TPSA) is 129 Å². The molecule has 0 heterocycles. The molecule has 2 aromatic rings. The molecule has 0 saturated carbocycles. The standard InChI is InChI=1S/C35H58O8P2/c1-9-10-11-12-13-14-15-18-27-19-16-17-20-30(27)43-32(35(23-36,24-41-44(37)38)25-42-45(39)40)31-28(33(3,4)5)21-26(2)22-29(31)34(6,7)8/h16-17,19-22,32,36-40H,9-15,18,23-25H2,1-8H3. The fourth-order valence-corrected chi connectivity index (χ4v) is 6.52. The van der Waals surface area contributed by atoms with Crippen LogP contribution in [0.25, 0.3) is 0 Å². The van der Waals surface area contributed by atoms with Crippen LogP contribution in [0.3, 0.4) is 0 Å². The number of para-hydroxylation sites is 1. The second-order valence-electron chi connectivity index (χ2n) is 14.3. The predicted molar refractivity (Wildman–Crippen MR) is 184 cm³/mol. The predicted octanol–water partition coefficient (Wildman–Crippen LogP) is 8.44. The minimum absolute atomic E-state index is 0.343. The lowest BCUT2D eigenvalue weighted by Gasteiger charge is -2.43. The van der Waals surface area contributed by atoms with Gasteiger partial charge in [-0.2, -0.15) is 0 Å². The quantitative estimate of drug-likeness (QED) is 0.0745. The normalized spacial score (nSPS) is 13.6. The van der Waals surface area contributed by atoms with Gasteiger partial charge in [0.25, 0.3) is 0 Å². The summed E-state index contributed by atoms with van der Waals surface area (Å²) in [5.74, 6) is 0.650. The van der Waals surface area contributed by atoms with Crippen LogP contribution in [0.4, 0.5) is 0 Å². The highest BCUT2D eigenvalue weighted by Gasteiger charge is 2.47. The lowest BCUT2D eigenvalue weighted by atomic mass is 9.69. The first kappa shape index (κ1) is 40.0. The van der Waals surface area contributed by atoms with Crippen LogP contribution in [-0.2, 0) is 26.3 Å². The Bertz CT molecular complexity index is 1110. The van der Waals surface area contributed by atoms with E-state index in [0.29, 0.717) is 5.75 Å². The second kappa shape index (κ2) is 18.4. The first-order valence-electron chi connectivity index (χ1n) is 16.2. The molecule has 0 bridgehead atoms. The summed E-state index contributed by atoms with van der Waals surface area (Å²) in [4.78, 5) is 39.2. The number of hydrogen-bond donors (Lipinski definition) is 5. The molecular weight excluding hydrogens is 610 g/mol. The number of ether oxygens (including phenoxy) is 1. The Morgan fingerprint density at radius 1 is 0.733 bits per heavy atom. The summed E-state index contributed by atoms with van der Waals surface area (Å²) >= 11 is 0. The molecule has 1 atom stereocenters. The Hall–Kier alpha value is -1.18. The highest BCUT2D eigenvalue weighted by Crippen LogP contribution is 2.49. The first-order valence-corrected chi connectivity index (χ1v) is 18.5. The Labute approximate surface area is 274 Å². The Kier molecular flexibility index (Phi) is 16.3. The fourth-order valence-electron chi connectivity index (χ4n) is 5.78. The molecule has 2 aromatic carbocycles. The van der Waals surface area contributed by atoms with Crippen molar-refractivity contribution in [3.05, 3.63) is 64.2 Å². The van der Waals surface area contributed by atoms with E-state index in [1.165, 1.54) is 32.1 Å². The molecule has 1 unspecified atom stereocenters. The number of aryl methyl sites for hydroxylation is 2. The van der Waals surface area contributed by atoms with Crippen molar-refractivity contribution in [2.75, 3.05) is 19.8 Å². The second-order valence-corrected chi connectivity index (χ2v) is 15.9. The lowest BCUT2D eigenvalue weighted by molar-refractivity contribution is -0.0667. The number of aliphatic hydroxyl groups is 1. The van der Waals surface area contributed by atoms with Gasteiger partial charge < -0.3 is 38.5 Å². The molecule has 0 aliphatic heterocycles. The van der Waals surface area contributed by atoms with Gasteiger partial charge in [0.15, 0.2) is 0 Å². The third-order valence-corrected chi connectivity index (χ3v) is 9.00. The molecule has 0 amide bonds. The van der Waals surface area contributed by atoms with Crippen LogP contribution < -0.4 is 4.74 Å². The summed E-state index contributed by atoms with van der Waals surface area (Å²) in [6.07, 6.45) is 8.22. The van der Waals surface area contributed by atoms with Crippen LogP contribution in [0.1, 0.15) is 127 Å². The summed E-state index contributed by atoms with van der Waals surface area (Å²) < 4.78 is 17.8. The lowest BCUT2D eigenvalue weighted by Crippen LogP contribution is -2.45. The van der Waals surface area contributed by atoms with E-state index in [-0.39, 0.29) is 24.0 Å². The van der Waals surface area contributed by atoms with Crippen LogP contribution in [0.15, 0.2) is 36.4 Å². The molecule has 0 fully saturated rings. The van der Waals surface area contributed by atoms with Crippen LogP contribution >= 0.6 is 17.2 Å². The number of unbranched alkanes of at least 4 members (excludes halogenated alkanes) is 6. The summed E-state index contributed by atoms with van der Waals surface area (Å²) in [5.41, 5.74) is 2.83. The van der Waals surface area contributed by atoms with E-state index in [9.17, 15) is 24.7 Å². The molecule has 256 valence electrons. The Balaban J connectivity index is 2.78. The smallest absolute Gasteiger partial charge is 0.327 e. The summed E-state index contributed by atoms with van der Waals surface area (Å²) in [7, 11) is -5.56. The highest BCUT2D eigenvalue weighted by molar-refractivity contribution is 7.39. The molecule has 10 heteroatoms.